The molecule has 4 rings (SSSR count). The minimum Gasteiger partial charge on any atom is -0.343 e. The number of sulfonamides is 1. The smallest absolute Gasteiger partial charge is 0.251 e. The van der Waals surface area contributed by atoms with Crippen LogP contribution in [-0.4, -0.2) is 62.2 Å². The van der Waals surface area contributed by atoms with E-state index in [4.69, 9.17) is 0 Å². The molecule has 176 valence electrons. The van der Waals surface area contributed by atoms with E-state index in [9.17, 15) is 18.0 Å². The van der Waals surface area contributed by atoms with Crippen molar-refractivity contribution in [3.8, 4) is 11.1 Å². The molecule has 2 amide bonds. The summed E-state index contributed by atoms with van der Waals surface area (Å²) < 4.78 is 26.8. The molecule has 34 heavy (non-hydrogen) atoms. The Morgan fingerprint density at radius 3 is 1.91 bits per heavy atom. The first-order valence-electron chi connectivity index (χ1n) is 11.2. The fourth-order valence-electron chi connectivity index (χ4n) is 3.91. The molecule has 8 heteroatoms. The molecule has 0 aliphatic carbocycles. The van der Waals surface area contributed by atoms with Crippen LogP contribution in [0.4, 0.5) is 0 Å². The van der Waals surface area contributed by atoms with Gasteiger partial charge in [-0.25, -0.2) is 8.42 Å². The van der Waals surface area contributed by atoms with Crippen LogP contribution in [0.3, 0.4) is 0 Å². The molecule has 1 saturated heterocycles. The molecule has 3 aromatic carbocycles. The highest BCUT2D eigenvalue weighted by atomic mass is 32.2. The van der Waals surface area contributed by atoms with Gasteiger partial charge in [-0.2, -0.15) is 4.31 Å². The van der Waals surface area contributed by atoms with E-state index in [1.165, 1.54) is 4.31 Å². The standard InChI is InChI=1S/C26H27N3O4S/c30-25(19-27-26(31)24-13-11-23(12-14-24)22-9-5-2-6-10-22)28-15-17-29(18-16-28)34(32,33)20-21-7-3-1-4-8-21/h1-14H,15-20H2,(H,27,31). The van der Waals surface area contributed by atoms with Crippen LogP contribution in [0.2, 0.25) is 0 Å². The summed E-state index contributed by atoms with van der Waals surface area (Å²) in [7, 11) is -3.45. The molecule has 1 N–H and O–H groups in total. The van der Waals surface area contributed by atoms with E-state index in [2.05, 4.69) is 5.32 Å². The number of amides is 2. The first-order chi connectivity index (χ1) is 16.4. The van der Waals surface area contributed by atoms with Gasteiger partial charge in [0.2, 0.25) is 15.9 Å². The number of piperazine rings is 1. The van der Waals surface area contributed by atoms with Crippen LogP contribution in [0.1, 0.15) is 15.9 Å². The number of rotatable bonds is 7. The second-order valence-corrected chi connectivity index (χ2v) is 10.1. The van der Waals surface area contributed by atoms with Crippen molar-refractivity contribution in [2.75, 3.05) is 32.7 Å². The van der Waals surface area contributed by atoms with E-state index in [0.717, 1.165) is 16.7 Å². The molecule has 0 aromatic heterocycles. The summed E-state index contributed by atoms with van der Waals surface area (Å²) in [6.07, 6.45) is 0. The fourth-order valence-corrected chi connectivity index (χ4v) is 5.42. The molecule has 1 heterocycles. The number of nitrogens with one attached hydrogen (secondary N) is 1. The van der Waals surface area contributed by atoms with Crippen LogP contribution < -0.4 is 5.32 Å². The van der Waals surface area contributed by atoms with Crippen molar-refractivity contribution in [2.24, 2.45) is 0 Å². The molecule has 1 aliphatic rings. The molecule has 0 unspecified atom stereocenters. The van der Waals surface area contributed by atoms with Gasteiger partial charge in [-0.1, -0.05) is 72.8 Å². The van der Waals surface area contributed by atoms with Gasteiger partial charge >= 0.3 is 0 Å². The van der Waals surface area contributed by atoms with Crippen molar-refractivity contribution in [1.29, 1.82) is 0 Å². The number of carbonyl (C=O) groups is 2. The van der Waals surface area contributed by atoms with Crippen LogP contribution in [0.15, 0.2) is 84.9 Å². The van der Waals surface area contributed by atoms with E-state index in [0.29, 0.717) is 18.7 Å². The van der Waals surface area contributed by atoms with Crippen molar-refractivity contribution < 1.29 is 18.0 Å². The lowest BCUT2D eigenvalue weighted by Crippen LogP contribution is -2.52. The van der Waals surface area contributed by atoms with Gasteiger partial charge in [-0.3, -0.25) is 9.59 Å². The predicted octanol–water partition coefficient (Wildman–Crippen LogP) is 2.76. The minimum atomic E-state index is -3.45. The Kier molecular flexibility index (Phi) is 7.40. The molecule has 0 spiro atoms. The lowest BCUT2D eigenvalue weighted by atomic mass is 10.0. The highest BCUT2D eigenvalue weighted by Gasteiger charge is 2.29. The number of hydrogen-bond acceptors (Lipinski definition) is 4. The maximum atomic E-state index is 12.7. The average molecular weight is 478 g/mol. The number of hydrogen-bond donors (Lipinski definition) is 1. The summed E-state index contributed by atoms with van der Waals surface area (Å²) in [6, 6.07) is 26.1. The topological polar surface area (TPSA) is 86.8 Å². The van der Waals surface area contributed by atoms with Crippen LogP contribution >= 0.6 is 0 Å². The lowest BCUT2D eigenvalue weighted by molar-refractivity contribution is -0.131. The zero-order valence-electron chi connectivity index (χ0n) is 18.8. The minimum absolute atomic E-state index is 0.0547. The van der Waals surface area contributed by atoms with Crippen LogP contribution in [0, 0.1) is 0 Å². The summed E-state index contributed by atoms with van der Waals surface area (Å²) in [4.78, 5) is 26.6. The molecule has 7 nitrogen and oxygen atoms in total. The summed E-state index contributed by atoms with van der Waals surface area (Å²) in [5.41, 5.74) is 3.28. The number of nitrogens with zero attached hydrogens (tertiary/aromatic N) is 2. The molecule has 0 bridgehead atoms. The van der Waals surface area contributed by atoms with Crippen LogP contribution in [-0.2, 0) is 20.6 Å². The van der Waals surface area contributed by atoms with Gasteiger partial charge in [0.25, 0.3) is 5.91 Å². The Morgan fingerprint density at radius 2 is 1.29 bits per heavy atom. The lowest BCUT2D eigenvalue weighted by Gasteiger charge is -2.34. The zero-order chi connectivity index (χ0) is 24.0. The monoisotopic (exact) mass is 477 g/mol. The second kappa shape index (κ2) is 10.6. The van der Waals surface area contributed by atoms with Crippen molar-refractivity contribution in [2.45, 2.75) is 5.75 Å². The number of benzene rings is 3. The molecular formula is C26H27N3O4S. The quantitative estimate of drug-likeness (QED) is 0.567. The summed E-state index contributed by atoms with van der Waals surface area (Å²) in [5.74, 6) is -0.604. The third-order valence-electron chi connectivity index (χ3n) is 5.83. The Morgan fingerprint density at radius 1 is 0.735 bits per heavy atom. The van der Waals surface area contributed by atoms with E-state index in [1.807, 2.05) is 60.7 Å². The third kappa shape index (κ3) is 5.89. The van der Waals surface area contributed by atoms with Gasteiger partial charge in [-0.15, -0.1) is 0 Å². The summed E-state index contributed by atoms with van der Waals surface area (Å²) in [5, 5.41) is 2.67. The molecule has 0 saturated carbocycles. The molecule has 1 fully saturated rings. The maximum absolute atomic E-state index is 12.7. The first-order valence-corrected chi connectivity index (χ1v) is 12.8. The second-order valence-electron chi connectivity index (χ2n) is 8.15. The van der Waals surface area contributed by atoms with Crippen molar-refractivity contribution in [3.05, 3.63) is 96.1 Å². The van der Waals surface area contributed by atoms with Gasteiger partial charge in [-0.05, 0) is 28.8 Å². The SMILES string of the molecule is O=C(NCC(=O)N1CCN(S(=O)(=O)Cc2ccccc2)CC1)c1ccc(-c2ccccc2)cc1. The Hall–Kier alpha value is -3.49. The Labute approximate surface area is 200 Å². The van der Waals surface area contributed by atoms with Gasteiger partial charge in [0.1, 0.15) is 0 Å². The van der Waals surface area contributed by atoms with E-state index in [1.54, 1.807) is 29.2 Å². The van der Waals surface area contributed by atoms with Crippen molar-refractivity contribution in [1.82, 2.24) is 14.5 Å². The highest BCUT2D eigenvalue weighted by molar-refractivity contribution is 7.88. The van der Waals surface area contributed by atoms with Gasteiger partial charge in [0.15, 0.2) is 0 Å². The predicted molar refractivity (Wildman–Crippen MR) is 131 cm³/mol. The molecular weight excluding hydrogens is 450 g/mol. The van der Waals surface area contributed by atoms with Crippen molar-refractivity contribution in [3.63, 3.8) is 0 Å². The highest BCUT2D eigenvalue weighted by Crippen LogP contribution is 2.19. The molecule has 0 atom stereocenters. The van der Waals surface area contributed by atoms with Crippen molar-refractivity contribution >= 4 is 21.8 Å². The molecule has 3 aromatic rings. The molecule has 1 aliphatic heterocycles. The largest absolute Gasteiger partial charge is 0.343 e. The van der Waals surface area contributed by atoms with E-state index < -0.39 is 10.0 Å². The summed E-state index contributed by atoms with van der Waals surface area (Å²) >= 11 is 0. The normalized spacial score (nSPS) is 14.5. The zero-order valence-corrected chi connectivity index (χ0v) is 19.6. The molecule has 0 radical (unpaired) electrons. The Balaban J connectivity index is 1.25. The third-order valence-corrected chi connectivity index (χ3v) is 7.68. The summed E-state index contributed by atoms with van der Waals surface area (Å²) in [6.45, 7) is 0.963. The first kappa shape index (κ1) is 23.7. The average Bonchev–Trinajstić information content (AvgIpc) is 2.88. The van der Waals surface area contributed by atoms with E-state index >= 15 is 0 Å². The number of carbonyl (C=O) groups excluding carboxylic acids is 2. The Bertz CT molecular complexity index is 1220. The van der Waals surface area contributed by atoms with Gasteiger partial charge in [0.05, 0.1) is 12.3 Å². The van der Waals surface area contributed by atoms with E-state index in [-0.39, 0.29) is 37.2 Å². The van der Waals surface area contributed by atoms with Gasteiger partial charge in [0, 0.05) is 31.7 Å². The van der Waals surface area contributed by atoms with Crippen LogP contribution in [0.25, 0.3) is 11.1 Å². The fraction of sp³-hybridized carbons (Fsp3) is 0.231. The van der Waals surface area contributed by atoms with Gasteiger partial charge < -0.3 is 10.2 Å². The maximum Gasteiger partial charge on any atom is 0.251 e. The van der Waals surface area contributed by atoms with Crippen LogP contribution in [0.5, 0.6) is 0 Å².